The van der Waals surface area contributed by atoms with E-state index in [1.807, 2.05) is 6.20 Å². The summed E-state index contributed by atoms with van der Waals surface area (Å²) in [6.07, 6.45) is 6.22. The van der Waals surface area contributed by atoms with Crippen molar-refractivity contribution in [2.24, 2.45) is 11.8 Å². The minimum absolute atomic E-state index is 0.220. The number of piperidine rings is 1. The molecule has 0 unspecified atom stereocenters. The monoisotopic (exact) mass is 301 g/mol. The van der Waals surface area contributed by atoms with Crippen LogP contribution in [0.25, 0.3) is 0 Å². The van der Waals surface area contributed by atoms with Gasteiger partial charge in [0, 0.05) is 38.3 Å². The van der Waals surface area contributed by atoms with Gasteiger partial charge in [-0.2, -0.15) is 0 Å². The van der Waals surface area contributed by atoms with Crippen molar-refractivity contribution in [1.82, 2.24) is 9.88 Å². The smallest absolute Gasteiger partial charge is 0.225 e. The van der Waals surface area contributed by atoms with Crippen LogP contribution in [0.1, 0.15) is 38.2 Å². The first-order chi connectivity index (χ1) is 10.7. The number of aryl methyl sites for hydroxylation is 1. The Bertz CT molecular complexity index is 506. The molecule has 2 aliphatic rings. The second-order valence-corrected chi connectivity index (χ2v) is 6.80. The van der Waals surface area contributed by atoms with Crippen LogP contribution in [-0.4, -0.2) is 42.0 Å². The number of hydrogen-bond donors (Lipinski definition) is 0. The minimum atomic E-state index is 0.220. The van der Waals surface area contributed by atoms with Crippen LogP contribution < -0.4 is 4.90 Å². The summed E-state index contributed by atoms with van der Waals surface area (Å²) in [7, 11) is 0. The second-order valence-electron chi connectivity index (χ2n) is 6.80. The highest BCUT2D eigenvalue weighted by molar-refractivity contribution is 5.79. The topological polar surface area (TPSA) is 36.4 Å². The molecule has 0 bridgehead atoms. The van der Waals surface area contributed by atoms with Crippen molar-refractivity contribution in [3.63, 3.8) is 0 Å². The Balaban J connectivity index is 1.53. The lowest BCUT2D eigenvalue weighted by Gasteiger charge is -2.34. The van der Waals surface area contributed by atoms with Crippen LogP contribution in [0.5, 0.6) is 0 Å². The van der Waals surface area contributed by atoms with E-state index in [1.165, 1.54) is 18.4 Å². The number of carbonyl (C=O) groups excluding carboxylic acids is 1. The number of likely N-dealkylation sites (tertiary alicyclic amines) is 1. The third kappa shape index (κ3) is 3.26. The van der Waals surface area contributed by atoms with Gasteiger partial charge in [0.1, 0.15) is 5.82 Å². The zero-order valence-corrected chi connectivity index (χ0v) is 13.8. The van der Waals surface area contributed by atoms with Crippen LogP contribution in [0.3, 0.4) is 0 Å². The molecule has 4 heteroatoms. The van der Waals surface area contributed by atoms with Crippen LogP contribution in [-0.2, 0) is 4.79 Å². The summed E-state index contributed by atoms with van der Waals surface area (Å²) in [6.45, 7) is 8.12. The highest BCUT2D eigenvalue weighted by Gasteiger charge is 2.32. The Morgan fingerprint density at radius 1 is 1.23 bits per heavy atom. The third-order valence-electron chi connectivity index (χ3n) is 5.24. The Morgan fingerprint density at radius 3 is 2.59 bits per heavy atom. The van der Waals surface area contributed by atoms with E-state index in [4.69, 9.17) is 0 Å². The molecule has 3 heterocycles. The van der Waals surface area contributed by atoms with E-state index < -0.39 is 0 Å². The molecule has 0 aliphatic carbocycles. The van der Waals surface area contributed by atoms with Crippen molar-refractivity contribution in [3.8, 4) is 0 Å². The van der Waals surface area contributed by atoms with E-state index in [2.05, 4.69) is 40.8 Å². The van der Waals surface area contributed by atoms with E-state index in [-0.39, 0.29) is 5.92 Å². The maximum absolute atomic E-state index is 12.6. The normalized spacial score (nSPS) is 23.1. The van der Waals surface area contributed by atoms with Crippen LogP contribution in [0, 0.1) is 18.8 Å². The number of aromatic nitrogens is 1. The van der Waals surface area contributed by atoms with Gasteiger partial charge < -0.3 is 9.80 Å². The highest BCUT2D eigenvalue weighted by atomic mass is 16.2. The van der Waals surface area contributed by atoms with E-state index in [1.54, 1.807) is 0 Å². The summed E-state index contributed by atoms with van der Waals surface area (Å²) in [5.41, 5.74) is 1.19. The molecule has 1 aromatic heterocycles. The van der Waals surface area contributed by atoms with Crippen LogP contribution in [0.15, 0.2) is 18.3 Å². The Labute approximate surface area is 133 Å². The molecule has 0 saturated carbocycles. The quantitative estimate of drug-likeness (QED) is 0.861. The summed E-state index contributed by atoms with van der Waals surface area (Å²) >= 11 is 0. The molecule has 1 aromatic rings. The maximum Gasteiger partial charge on any atom is 0.225 e. The summed E-state index contributed by atoms with van der Waals surface area (Å²) in [4.78, 5) is 21.6. The number of amides is 1. The van der Waals surface area contributed by atoms with Gasteiger partial charge in [-0.3, -0.25) is 4.79 Å². The van der Waals surface area contributed by atoms with E-state index in [9.17, 15) is 4.79 Å². The standard InChI is InChI=1S/C18H27N3O/c1-3-15-6-9-21(13-15)18(22)16-7-10-20(11-8-16)17-5-4-14(2)12-19-17/h4-5,12,15-16H,3,6-11,13H2,1-2H3/t15-/m0/s1. The molecule has 3 rings (SSSR count). The fraction of sp³-hybridized carbons (Fsp3) is 0.667. The molecular weight excluding hydrogens is 274 g/mol. The lowest BCUT2D eigenvalue weighted by atomic mass is 9.95. The Hall–Kier alpha value is -1.58. The first-order valence-electron chi connectivity index (χ1n) is 8.63. The number of carbonyl (C=O) groups is 1. The highest BCUT2D eigenvalue weighted by Crippen LogP contribution is 2.26. The number of nitrogens with zero attached hydrogens (tertiary/aromatic N) is 3. The average Bonchev–Trinajstić information content (AvgIpc) is 3.04. The van der Waals surface area contributed by atoms with Crippen LogP contribution in [0.2, 0.25) is 0 Å². The summed E-state index contributed by atoms with van der Waals surface area (Å²) in [5.74, 6) is 2.38. The van der Waals surface area contributed by atoms with E-state index >= 15 is 0 Å². The van der Waals surface area contributed by atoms with Gasteiger partial charge in [-0.05, 0) is 43.7 Å². The van der Waals surface area contributed by atoms with Crippen molar-refractivity contribution in [2.75, 3.05) is 31.1 Å². The number of pyridine rings is 1. The number of anilines is 1. The fourth-order valence-electron chi connectivity index (χ4n) is 3.63. The molecule has 1 atom stereocenters. The molecule has 22 heavy (non-hydrogen) atoms. The lowest BCUT2D eigenvalue weighted by Crippen LogP contribution is -2.42. The van der Waals surface area contributed by atoms with Gasteiger partial charge in [-0.25, -0.2) is 4.98 Å². The first kappa shape index (κ1) is 15.3. The maximum atomic E-state index is 12.6. The zero-order chi connectivity index (χ0) is 15.5. The van der Waals surface area contributed by atoms with Crippen molar-refractivity contribution >= 4 is 11.7 Å². The molecule has 2 fully saturated rings. The largest absolute Gasteiger partial charge is 0.357 e. The molecule has 2 saturated heterocycles. The predicted molar refractivity (Wildman–Crippen MR) is 88.9 cm³/mol. The summed E-state index contributed by atoms with van der Waals surface area (Å²) < 4.78 is 0. The van der Waals surface area contributed by atoms with Crippen LogP contribution >= 0.6 is 0 Å². The first-order valence-corrected chi connectivity index (χ1v) is 8.63. The van der Waals surface area contributed by atoms with Crippen molar-refractivity contribution in [2.45, 2.75) is 39.5 Å². The molecule has 0 radical (unpaired) electrons. The molecule has 0 N–H and O–H groups in total. The summed E-state index contributed by atoms with van der Waals surface area (Å²) in [6, 6.07) is 4.19. The molecule has 2 aliphatic heterocycles. The third-order valence-corrected chi connectivity index (χ3v) is 5.24. The van der Waals surface area contributed by atoms with Gasteiger partial charge in [0.25, 0.3) is 0 Å². The lowest BCUT2D eigenvalue weighted by molar-refractivity contribution is -0.135. The van der Waals surface area contributed by atoms with Crippen LogP contribution in [0.4, 0.5) is 5.82 Å². The van der Waals surface area contributed by atoms with Gasteiger partial charge in [0.2, 0.25) is 5.91 Å². The molecule has 0 aromatic carbocycles. The van der Waals surface area contributed by atoms with E-state index in [0.717, 1.165) is 50.8 Å². The number of hydrogen-bond acceptors (Lipinski definition) is 3. The molecule has 120 valence electrons. The molecular formula is C18H27N3O. The van der Waals surface area contributed by atoms with Gasteiger partial charge in [0.15, 0.2) is 0 Å². The van der Waals surface area contributed by atoms with Gasteiger partial charge in [-0.1, -0.05) is 19.4 Å². The molecule has 4 nitrogen and oxygen atoms in total. The summed E-state index contributed by atoms with van der Waals surface area (Å²) in [5, 5.41) is 0. The second kappa shape index (κ2) is 6.67. The van der Waals surface area contributed by atoms with Crippen molar-refractivity contribution in [1.29, 1.82) is 0 Å². The van der Waals surface area contributed by atoms with Gasteiger partial charge in [-0.15, -0.1) is 0 Å². The SMILES string of the molecule is CC[C@H]1CCN(C(=O)C2CCN(c3ccc(C)cn3)CC2)C1. The average molecular weight is 301 g/mol. The number of rotatable bonds is 3. The van der Waals surface area contributed by atoms with Crippen molar-refractivity contribution in [3.05, 3.63) is 23.9 Å². The predicted octanol–water partition coefficient (Wildman–Crippen LogP) is 2.86. The fourth-order valence-corrected chi connectivity index (χ4v) is 3.63. The van der Waals surface area contributed by atoms with E-state index in [0.29, 0.717) is 5.91 Å². The molecule has 0 spiro atoms. The zero-order valence-electron chi connectivity index (χ0n) is 13.8. The van der Waals surface area contributed by atoms with Crippen molar-refractivity contribution < 1.29 is 4.79 Å². The Kier molecular flexibility index (Phi) is 4.65. The molecule has 1 amide bonds. The van der Waals surface area contributed by atoms with Gasteiger partial charge in [0.05, 0.1) is 0 Å². The minimum Gasteiger partial charge on any atom is -0.357 e. The van der Waals surface area contributed by atoms with Gasteiger partial charge >= 0.3 is 0 Å². The Morgan fingerprint density at radius 2 is 2.00 bits per heavy atom.